The van der Waals surface area contributed by atoms with Crippen LogP contribution < -0.4 is 9.46 Å². The van der Waals surface area contributed by atoms with Gasteiger partial charge >= 0.3 is 0 Å². The van der Waals surface area contributed by atoms with E-state index in [9.17, 15) is 14.3 Å². The number of halogens is 1. The first-order chi connectivity index (χ1) is 15.9. The molecule has 10 heteroatoms. The smallest absolute Gasteiger partial charge is 0.254 e. The van der Waals surface area contributed by atoms with Crippen LogP contribution in [0.4, 0.5) is 0 Å². The topological polar surface area (TPSA) is 101 Å². The van der Waals surface area contributed by atoms with Crippen LogP contribution in [0.15, 0.2) is 12.1 Å². The number of rotatable bonds is 6. The molecule has 2 aliphatic rings. The molecule has 188 valence electrons. The summed E-state index contributed by atoms with van der Waals surface area (Å²) >= 11 is 6.37. The highest BCUT2D eigenvalue weighted by Gasteiger charge is 2.41. The highest BCUT2D eigenvalue weighted by atomic mass is 35.5. The largest absolute Gasteiger partial charge is 0.496 e. The summed E-state index contributed by atoms with van der Waals surface area (Å²) in [4.78, 5) is 14.8. The summed E-state index contributed by atoms with van der Waals surface area (Å²) in [6.45, 7) is 10.7. The summed E-state index contributed by atoms with van der Waals surface area (Å²) in [6.07, 6.45) is 0.802. The molecular weight excluding hydrogens is 478 g/mol. The van der Waals surface area contributed by atoms with Gasteiger partial charge in [-0.15, -0.1) is 0 Å². The number of hydrogen-bond acceptors (Lipinski definition) is 6. The Kier molecular flexibility index (Phi) is 8.31. The second kappa shape index (κ2) is 10.5. The number of methoxy groups -OCH3 is 1. The standard InChI is InChI=1S/C24H34ClN3O5S/c1-23(2,3)34(30)27-21(17-12-18(25)16(13-26)11-19(17)31-6)15-7-9-28(10-8-15)22(29)20-14-32-24(4,5)33-20/h11-12,15,20-21,27H,7-10,14H2,1-6H3/t20-,21-,34?/m1/s1. The monoisotopic (exact) mass is 511 g/mol. The molecule has 1 aromatic rings. The zero-order chi connectivity index (χ0) is 25.3. The van der Waals surface area contributed by atoms with Crippen molar-refractivity contribution in [2.75, 3.05) is 26.8 Å². The van der Waals surface area contributed by atoms with Crippen molar-refractivity contribution in [3.8, 4) is 11.8 Å². The van der Waals surface area contributed by atoms with Crippen molar-refractivity contribution in [1.29, 1.82) is 5.26 Å². The van der Waals surface area contributed by atoms with Crippen LogP contribution in [-0.2, 0) is 25.3 Å². The number of hydrogen-bond donors (Lipinski definition) is 1. The second-order valence-corrected chi connectivity index (χ2v) is 12.5. The van der Waals surface area contributed by atoms with Crippen molar-refractivity contribution in [3.63, 3.8) is 0 Å². The van der Waals surface area contributed by atoms with Gasteiger partial charge in [0.05, 0.1) is 46.1 Å². The molecule has 0 spiro atoms. The molecule has 2 saturated heterocycles. The first kappa shape index (κ1) is 26.9. The van der Waals surface area contributed by atoms with E-state index < -0.39 is 27.6 Å². The molecule has 0 radical (unpaired) electrons. The molecule has 1 N–H and O–H groups in total. The summed E-state index contributed by atoms with van der Waals surface area (Å²) in [5.41, 5.74) is 1.07. The number of nitrogens with one attached hydrogen (secondary N) is 1. The van der Waals surface area contributed by atoms with Crippen LogP contribution in [0.1, 0.15) is 64.6 Å². The Balaban J connectivity index is 1.82. The fraction of sp³-hybridized carbons (Fsp3) is 0.667. The first-order valence-electron chi connectivity index (χ1n) is 11.4. The van der Waals surface area contributed by atoms with Crippen LogP contribution >= 0.6 is 11.6 Å². The minimum absolute atomic E-state index is 0.0641. The Morgan fingerprint density at radius 3 is 2.50 bits per heavy atom. The predicted molar refractivity (Wildman–Crippen MR) is 131 cm³/mol. The molecule has 1 amide bonds. The molecule has 1 unspecified atom stereocenters. The third-order valence-corrected chi connectivity index (χ3v) is 8.06. The molecule has 8 nitrogen and oxygen atoms in total. The van der Waals surface area contributed by atoms with Gasteiger partial charge in [0.15, 0.2) is 11.9 Å². The van der Waals surface area contributed by atoms with Crippen molar-refractivity contribution >= 4 is 28.5 Å². The molecule has 34 heavy (non-hydrogen) atoms. The molecule has 2 fully saturated rings. The fourth-order valence-corrected chi connectivity index (χ4v) is 5.36. The molecule has 0 saturated carbocycles. The normalized spacial score (nSPS) is 22.8. The highest BCUT2D eigenvalue weighted by molar-refractivity contribution is 7.84. The van der Waals surface area contributed by atoms with Crippen LogP contribution in [0.5, 0.6) is 5.75 Å². The lowest BCUT2D eigenvalue weighted by molar-refractivity contribution is -0.161. The van der Waals surface area contributed by atoms with Gasteiger partial charge in [0.25, 0.3) is 5.91 Å². The quantitative estimate of drug-likeness (QED) is 0.625. The van der Waals surface area contributed by atoms with E-state index in [0.717, 1.165) is 5.56 Å². The Morgan fingerprint density at radius 1 is 1.35 bits per heavy atom. The molecule has 0 aliphatic carbocycles. The van der Waals surface area contributed by atoms with Gasteiger partial charge in [-0.3, -0.25) is 4.79 Å². The zero-order valence-corrected chi connectivity index (χ0v) is 22.2. The minimum atomic E-state index is -1.35. The summed E-state index contributed by atoms with van der Waals surface area (Å²) in [7, 11) is 0.187. The van der Waals surface area contributed by atoms with Crippen molar-refractivity contribution in [3.05, 3.63) is 28.3 Å². The Bertz CT molecular complexity index is 980. The average molecular weight is 512 g/mol. The Hall–Kier alpha value is -1.70. The third kappa shape index (κ3) is 6.10. The maximum Gasteiger partial charge on any atom is 0.254 e. The SMILES string of the molecule is COc1cc(C#N)c(Cl)cc1[C@H](NS(=O)C(C)(C)C)C1CCN(C(=O)[C@H]2COC(C)(C)O2)CC1. The van der Waals surface area contributed by atoms with Gasteiger partial charge < -0.3 is 19.1 Å². The molecule has 0 aromatic heterocycles. The second-order valence-electron chi connectivity index (χ2n) is 10.1. The number of nitrogens with zero attached hydrogens (tertiary/aromatic N) is 2. The van der Waals surface area contributed by atoms with Crippen molar-refractivity contribution < 1.29 is 23.2 Å². The molecule has 0 bridgehead atoms. The van der Waals surface area contributed by atoms with Gasteiger partial charge in [-0.25, -0.2) is 8.93 Å². The number of carbonyl (C=O) groups excluding carboxylic acids is 1. The number of carbonyl (C=O) groups is 1. The molecule has 2 heterocycles. The zero-order valence-electron chi connectivity index (χ0n) is 20.6. The minimum Gasteiger partial charge on any atom is -0.496 e. The first-order valence-corrected chi connectivity index (χ1v) is 12.9. The summed E-state index contributed by atoms with van der Waals surface area (Å²) < 4.78 is 32.8. The van der Waals surface area contributed by atoms with E-state index in [1.54, 1.807) is 26.0 Å². The van der Waals surface area contributed by atoms with Crippen LogP contribution in [0.2, 0.25) is 5.02 Å². The molecule has 1 aromatic carbocycles. The Morgan fingerprint density at radius 2 is 2.00 bits per heavy atom. The van der Waals surface area contributed by atoms with E-state index in [4.69, 9.17) is 25.8 Å². The summed E-state index contributed by atoms with van der Waals surface area (Å²) in [5, 5.41) is 9.68. The lowest BCUT2D eigenvalue weighted by Gasteiger charge is -2.38. The van der Waals surface area contributed by atoms with E-state index in [0.29, 0.717) is 42.3 Å². The molecule has 2 aliphatic heterocycles. The average Bonchev–Trinajstić information content (AvgIpc) is 3.15. The lowest BCUT2D eigenvalue weighted by atomic mass is 9.85. The molecular formula is C24H34ClN3O5S. The van der Waals surface area contributed by atoms with Crippen molar-refractivity contribution in [2.45, 2.75) is 70.1 Å². The number of piperidine rings is 1. The molecule has 3 atom stereocenters. The van der Waals surface area contributed by atoms with Gasteiger partial charge in [-0.2, -0.15) is 5.26 Å². The molecule has 3 rings (SSSR count). The van der Waals surface area contributed by atoms with E-state index in [-0.39, 0.29) is 24.5 Å². The maximum atomic E-state index is 13.1. The Labute approximate surface area is 209 Å². The number of ether oxygens (including phenoxy) is 3. The van der Waals surface area contributed by atoms with Crippen LogP contribution in [0.25, 0.3) is 0 Å². The van der Waals surface area contributed by atoms with Crippen LogP contribution in [0.3, 0.4) is 0 Å². The van der Waals surface area contributed by atoms with Crippen molar-refractivity contribution in [1.82, 2.24) is 9.62 Å². The highest BCUT2D eigenvalue weighted by Crippen LogP contribution is 2.39. The van der Waals surface area contributed by atoms with Gasteiger partial charge in [0.1, 0.15) is 11.8 Å². The van der Waals surface area contributed by atoms with Crippen LogP contribution in [0, 0.1) is 17.2 Å². The van der Waals surface area contributed by atoms with E-state index in [1.165, 1.54) is 7.11 Å². The maximum absolute atomic E-state index is 13.1. The predicted octanol–water partition coefficient (Wildman–Crippen LogP) is 3.70. The number of amides is 1. The number of benzene rings is 1. The van der Waals surface area contributed by atoms with Gasteiger partial charge in [-0.1, -0.05) is 11.6 Å². The van der Waals surface area contributed by atoms with E-state index in [2.05, 4.69) is 10.8 Å². The lowest BCUT2D eigenvalue weighted by Crippen LogP contribution is -2.47. The van der Waals surface area contributed by atoms with Gasteiger partial charge in [0, 0.05) is 18.7 Å². The number of nitriles is 1. The van der Waals surface area contributed by atoms with E-state index >= 15 is 0 Å². The fourth-order valence-electron chi connectivity index (χ4n) is 4.25. The van der Waals surface area contributed by atoms with Gasteiger partial charge in [0.2, 0.25) is 0 Å². The summed E-state index contributed by atoms with van der Waals surface area (Å²) in [5.74, 6) is -0.228. The van der Waals surface area contributed by atoms with Crippen LogP contribution in [-0.4, -0.2) is 58.5 Å². The third-order valence-electron chi connectivity index (χ3n) is 6.17. The summed E-state index contributed by atoms with van der Waals surface area (Å²) in [6, 6.07) is 5.08. The van der Waals surface area contributed by atoms with Crippen molar-refractivity contribution in [2.24, 2.45) is 5.92 Å². The van der Waals surface area contributed by atoms with Gasteiger partial charge in [-0.05, 0) is 65.5 Å². The van der Waals surface area contributed by atoms with E-state index in [1.807, 2.05) is 25.7 Å². The number of likely N-dealkylation sites (tertiary alicyclic amines) is 1.